The van der Waals surface area contributed by atoms with Gasteiger partial charge in [0.2, 0.25) is 0 Å². The van der Waals surface area contributed by atoms with Gasteiger partial charge in [-0.1, -0.05) is 12.1 Å². The number of nitrogens with zero attached hydrogens (tertiary/aromatic N) is 1. The lowest BCUT2D eigenvalue weighted by atomic mass is 9.93. The lowest BCUT2D eigenvalue weighted by molar-refractivity contribution is -0.140. The van der Waals surface area contributed by atoms with E-state index in [9.17, 15) is 14.7 Å². The van der Waals surface area contributed by atoms with E-state index in [-0.39, 0.29) is 24.5 Å². The van der Waals surface area contributed by atoms with Crippen molar-refractivity contribution in [1.82, 2.24) is 4.90 Å². The van der Waals surface area contributed by atoms with Crippen molar-refractivity contribution in [2.45, 2.75) is 12.5 Å². The fraction of sp³-hybridized carbons (Fsp3) is 0.333. The van der Waals surface area contributed by atoms with Gasteiger partial charge in [0, 0.05) is 31.2 Å². The van der Waals surface area contributed by atoms with Gasteiger partial charge in [0.05, 0.1) is 39.0 Å². The van der Waals surface area contributed by atoms with Crippen molar-refractivity contribution in [3.63, 3.8) is 0 Å². The van der Waals surface area contributed by atoms with E-state index in [1.807, 2.05) is 0 Å². The van der Waals surface area contributed by atoms with Crippen molar-refractivity contribution in [3.8, 4) is 17.2 Å². The standard InChI is InChI=1S/C24H25NO7/c1-29-12-10-25-20(16-5-4-6-18(30-2)23(16)31-3)19(22(27)24(25)28)21(26)15-7-8-17-14(13-15)9-11-32-17/h4-8,13,20,26H,9-12H2,1-3H3/b21-19+. The molecule has 0 bridgehead atoms. The predicted molar refractivity (Wildman–Crippen MR) is 116 cm³/mol. The second kappa shape index (κ2) is 8.92. The summed E-state index contributed by atoms with van der Waals surface area (Å²) in [5.74, 6) is -0.108. The maximum Gasteiger partial charge on any atom is 0.295 e. The number of methoxy groups -OCH3 is 3. The number of aliphatic hydroxyl groups is 1. The Morgan fingerprint density at radius 2 is 1.97 bits per heavy atom. The smallest absolute Gasteiger partial charge is 0.295 e. The number of fused-ring (bicyclic) bond motifs is 1. The number of hydrogen-bond donors (Lipinski definition) is 1. The van der Waals surface area contributed by atoms with Crippen LogP contribution in [0.25, 0.3) is 5.76 Å². The van der Waals surface area contributed by atoms with Crippen molar-refractivity contribution in [2.24, 2.45) is 0 Å². The number of amides is 1. The fourth-order valence-corrected chi connectivity index (χ4v) is 4.24. The zero-order valence-corrected chi connectivity index (χ0v) is 18.2. The summed E-state index contributed by atoms with van der Waals surface area (Å²) < 4.78 is 21.7. The van der Waals surface area contributed by atoms with E-state index in [2.05, 4.69) is 0 Å². The number of benzene rings is 2. The number of likely N-dealkylation sites (tertiary alicyclic amines) is 1. The van der Waals surface area contributed by atoms with Crippen molar-refractivity contribution in [3.05, 3.63) is 58.7 Å². The highest BCUT2D eigenvalue weighted by molar-refractivity contribution is 6.46. The van der Waals surface area contributed by atoms with Crippen LogP contribution < -0.4 is 14.2 Å². The third-order valence-electron chi connectivity index (χ3n) is 5.77. The molecule has 2 aliphatic heterocycles. The summed E-state index contributed by atoms with van der Waals surface area (Å²) in [6.45, 7) is 0.967. The second-order valence-electron chi connectivity index (χ2n) is 7.49. The lowest BCUT2D eigenvalue weighted by Crippen LogP contribution is -2.32. The Hall–Kier alpha value is -3.52. The van der Waals surface area contributed by atoms with E-state index in [0.29, 0.717) is 35.7 Å². The molecular formula is C24H25NO7. The molecule has 2 aromatic rings. The van der Waals surface area contributed by atoms with Gasteiger partial charge in [-0.05, 0) is 29.8 Å². The molecule has 1 atom stereocenters. The zero-order chi connectivity index (χ0) is 22.8. The first-order valence-electron chi connectivity index (χ1n) is 10.3. The molecule has 1 N–H and O–H groups in total. The van der Waals surface area contributed by atoms with Gasteiger partial charge in [-0.3, -0.25) is 9.59 Å². The minimum atomic E-state index is -0.861. The highest BCUT2D eigenvalue weighted by Crippen LogP contribution is 2.45. The monoisotopic (exact) mass is 439 g/mol. The van der Waals surface area contributed by atoms with Gasteiger partial charge in [0.25, 0.3) is 11.7 Å². The van der Waals surface area contributed by atoms with Crippen molar-refractivity contribution < 1.29 is 33.6 Å². The molecule has 0 spiro atoms. The minimum absolute atomic E-state index is 0.00322. The third-order valence-corrected chi connectivity index (χ3v) is 5.77. The van der Waals surface area contributed by atoms with E-state index in [1.54, 1.807) is 36.4 Å². The van der Waals surface area contributed by atoms with E-state index in [0.717, 1.165) is 11.3 Å². The summed E-state index contributed by atoms with van der Waals surface area (Å²) in [5, 5.41) is 11.2. The quantitative estimate of drug-likeness (QED) is 0.403. The Kier molecular flexibility index (Phi) is 6.05. The van der Waals surface area contributed by atoms with E-state index >= 15 is 0 Å². The van der Waals surface area contributed by atoms with E-state index in [4.69, 9.17) is 18.9 Å². The number of carbonyl (C=O) groups excluding carboxylic acids is 2. The molecule has 2 aromatic carbocycles. The first kappa shape index (κ1) is 21.7. The highest BCUT2D eigenvalue weighted by atomic mass is 16.5. The summed E-state index contributed by atoms with van der Waals surface area (Å²) in [4.78, 5) is 27.5. The van der Waals surface area contributed by atoms with Crippen molar-refractivity contribution in [1.29, 1.82) is 0 Å². The van der Waals surface area contributed by atoms with Gasteiger partial charge >= 0.3 is 0 Å². The molecule has 1 saturated heterocycles. The van der Waals surface area contributed by atoms with Crippen LogP contribution in [0.2, 0.25) is 0 Å². The SMILES string of the molecule is COCCN1C(=O)C(=O)/C(=C(/O)c2ccc3c(c2)CCO3)C1c1cccc(OC)c1OC. The number of Topliss-reactive ketones (excluding diaryl/α,β-unsaturated/α-hetero) is 1. The average Bonchev–Trinajstić information content (AvgIpc) is 3.38. The molecule has 0 radical (unpaired) electrons. The summed E-state index contributed by atoms with van der Waals surface area (Å²) in [6, 6.07) is 9.60. The topological polar surface area (TPSA) is 94.5 Å². The molecular weight excluding hydrogens is 414 g/mol. The molecule has 0 aromatic heterocycles. The molecule has 2 aliphatic rings. The van der Waals surface area contributed by atoms with Gasteiger partial charge in [-0.2, -0.15) is 0 Å². The Balaban J connectivity index is 1.91. The molecule has 1 fully saturated rings. The Morgan fingerprint density at radius 3 is 2.69 bits per heavy atom. The number of ketones is 1. The highest BCUT2D eigenvalue weighted by Gasteiger charge is 2.47. The minimum Gasteiger partial charge on any atom is -0.507 e. The number of rotatable bonds is 7. The van der Waals surface area contributed by atoms with Gasteiger partial charge in [0.1, 0.15) is 11.5 Å². The van der Waals surface area contributed by atoms with Gasteiger partial charge in [0.15, 0.2) is 11.5 Å². The van der Waals surface area contributed by atoms with Crippen molar-refractivity contribution >= 4 is 17.4 Å². The van der Waals surface area contributed by atoms with Gasteiger partial charge in [-0.25, -0.2) is 0 Å². The average molecular weight is 439 g/mol. The second-order valence-corrected chi connectivity index (χ2v) is 7.49. The first-order chi connectivity index (χ1) is 15.5. The van der Waals surface area contributed by atoms with Crippen LogP contribution in [-0.2, 0) is 20.7 Å². The van der Waals surface area contributed by atoms with Crippen LogP contribution in [0.15, 0.2) is 42.0 Å². The number of carbonyl (C=O) groups is 2. The normalized spacial score (nSPS) is 19.1. The molecule has 8 heteroatoms. The Labute approximate surface area is 185 Å². The van der Waals surface area contributed by atoms with Crippen molar-refractivity contribution in [2.75, 3.05) is 41.1 Å². The number of ether oxygens (including phenoxy) is 4. The third kappa shape index (κ3) is 3.56. The predicted octanol–water partition coefficient (Wildman–Crippen LogP) is 2.71. The maximum absolute atomic E-state index is 13.1. The van der Waals surface area contributed by atoms with E-state index < -0.39 is 17.7 Å². The summed E-state index contributed by atoms with van der Waals surface area (Å²) in [6.07, 6.45) is 0.714. The number of aliphatic hydroxyl groups excluding tert-OH is 1. The summed E-state index contributed by atoms with van der Waals surface area (Å²) >= 11 is 0. The van der Waals surface area contributed by atoms with Crippen LogP contribution in [0.4, 0.5) is 0 Å². The molecule has 32 heavy (non-hydrogen) atoms. The van der Waals surface area contributed by atoms with Gasteiger partial charge in [-0.15, -0.1) is 0 Å². The summed E-state index contributed by atoms with van der Waals surface area (Å²) in [5.41, 5.74) is 1.92. The summed E-state index contributed by atoms with van der Waals surface area (Å²) in [7, 11) is 4.52. The van der Waals surface area contributed by atoms with Crippen LogP contribution in [-0.4, -0.2) is 62.8 Å². The van der Waals surface area contributed by atoms with Crippen LogP contribution in [0.5, 0.6) is 17.2 Å². The number of hydrogen-bond acceptors (Lipinski definition) is 7. The molecule has 2 heterocycles. The Morgan fingerprint density at radius 1 is 1.16 bits per heavy atom. The maximum atomic E-state index is 13.1. The van der Waals surface area contributed by atoms with Crippen LogP contribution >= 0.6 is 0 Å². The van der Waals surface area contributed by atoms with Crippen LogP contribution in [0, 0.1) is 0 Å². The van der Waals surface area contributed by atoms with E-state index in [1.165, 1.54) is 26.2 Å². The van der Waals surface area contributed by atoms with Gasteiger partial charge < -0.3 is 29.0 Å². The van der Waals surface area contributed by atoms with Crippen LogP contribution in [0.3, 0.4) is 0 Å². The first-order valence-corrected chi connectivity index (χ1v) is 10.3. The fourth-order valence-electron chi connectivity index (χ4n) is 4.24. The molecule has 8 nitrogen and oxygen atoms in total. The molecule has 1 amide bonds. The van der Waals surface area contributed by atoms with Crippen LogP contribution in [0.1, 0.15) is 22.7 Å². The molecule has 168 valence electrons. The molecule has 0 aliphatic carbocycles. The molecule has 4 rings (SSSR count). The molecule has 1 unspecified atom stereocenters. The Bertz CT molecular complexity index is 1090. The molecule has 0 saturated carbocycles. The number of para-hydroxylation sites is 1. The zero-order valence-electron chi connectivity index (χ0n) is 18.2. The largest absolute Gasteiger partial charge is 0.507 e. The lowest BCUT2D eigenvalue weighted by Gasteiger charge is -2.27.